The first-order valence-electron chi connectivity index (χ1n) is 13.5. The zero-order valence-corrected chi connectivity index (χ0v) is 23.0. The molecule has 0 saturated heterocycles. The van der Waals surface area contributed by atoms with Crippen LogP contribution >= 0.6 is 0 Å². The molecule has 1 aliphatic carbocycles. The molecule has 3 N–H and O–H groups in total. The van der Waals surface area contributed by atoms with Crippen molar-refractivity contribution >= 4 is 28.5 Å². The van der Waals surface area contributed by atoms with Gasteiger partial charge in [0.2, 0.25) is 5.91 Å². The number of fused-ring (bicyclic) bond motifs is 1. The van der Waals surface area contributed by atoms with Gasteiger partial charge < -0.3 is 25.1 Å². The third kappa shape index (κ3) is 5.59. The summed E-state index contributed by atoms with van der Waals surface area (Å²) in [4.78, 5) is 42.0. The number of nitrogens with zero attached hydrogens (tertiary/aromatic N) is 1. The minimum Gasteiger partial charge on any atom is -0.497 e. The van der Waals surface area contributed by atoms with Gasteiger partial charge in [-0.1, -0.05) is 24.3 Å². The maximum Gasteiger partial charge on any atom is 0.326 e. The van der Waals surface area contributed by atoms with Gasteiger partial charge >= 0.3 is 5.69 Å². The summed E-state index contributed by atoms with van der Waals surface area (Å²) in [6.07, 6.45) is 2.72. The van der Waals surface area contributed by atoms with Crippen LogP contribution in [-0.2, 0) is 11.3 Å². The normalized spacial score (nSPS) is 16.9. The minimum absolute atomic E-state index is 0.0218. The summed E-state index contributed by atoms with van der Waals surface area (Å²) in [5.41, 5.74) is 4.04. The van der Waals surface area contributed by atoms with Crippen LogP contribution in [0.5, 0.6) is 11.5 Å². The first-order chi connectivity index (χ1) is 19.4. The number of anilines is 1. The Kier molecular flexibility index (Phi) is 7.91. The van der Waals surface area contributed by atoms with E-state index >= 15 is 0 Å². The number of carbonyl (C=O) groups excluding carboxylic acids is 2. The van der Waals surface area contributed by atoms with E-state index in [9.17, 15) is 14.4 Å². The van der Waals surface area contributed by atoms with Gasteiger partial charge in [-0.25, -0.2) is 4.79 Å². The molecule has 0 unspecified atom stereocenters. The molecule has 1 fully saturated rings. The molecular weight excluding hydrogens is 508 g/mol. The van der Waals surface area contributed by atoms with E-state index < -0.39 is 0 Å². The smallest absolute Gasteiger partial charge is 0.326 e. The number of hydrogen-bond donors (Lipinski definition) is 3. The van der Waals surface area contributed by atoms with Crippen LogP contribution in [-0.4, -0.2) is 35.6 Å². The van der Waals surface area contributed by atoms with E-state index in [2.05, 4.69) is 15.6 Å². The van der Waals surface area contributed by atoms with E-state index in [1.54, 1.807) is 30.9 Å². The van der Waals surface area contributed by atoms with Gasteiger partial charge in [-0.3, -0.25) is 14.2 Å². The fraction of sp³-hybridized carbons (Fsp3) is 0.323. The zero-order valence-electron chi connectivity index (χ0n) is 23.0. The van der Waals surface area contributed by atoms with Crippen LogP contribution in [0.4, 0.5) is 5.69 Å². The number of hydrogen-bond acceptors (Lipinski definition) is 5. The molecule has 4 aromatic rings. The number of carbonyl (C=O) groups is 2. The standard InChI is InChI=1S/C31H34N4O5/c1-19-7-12-22(17-27(19)40-3)33-29(36)21-10-13-23(14-11-21)35-26-6-4-5-25(28(26)34-31(35)38)30(37)32-18-20-8-15-24(39-2)16-9-20/h4-9,12,15-17,21,23H,10-11,13-14,18H2,1-3H3,(H,32,37)(H,33,36)(H,34,38)/t21-,23+. The third-order valence-corrected chi connectivity index (χ3v) is 7.72. The monoisotopic (exact) mass is 542 g/mol. The molecule has 0 bridgehead atoms. The topological polar surface area (TPSA) is 114 Å². The molecule has 5 rings (SSSR count). The highest BCUT2D eigenvalue weighted by molar-refractivity contribution is 6.04. The Morgan fingerprint density at radius 1 is 0.975 bits per heavy atom. The number of amides is 2. The minimum atomic E-state index is -0.261. The fourth-order valence-corrected chi connectivity index (χ4v) is 5.46. The van der Waals surface area contributed by atoms with Crippen molar-refractivity contribution in [2.45, 2.75) is 45.2 Å². The Morgan fingerprint density at radius 3 is 2.42 bits per heavy atom. The van der Waals surface area contributed by atoms with Gasteiger partial charge in [0.15, 0.2) is 0 Å². The summed E-state index contributed by atoms with van der Waals surface area (Å²) in [6, 6.07) is 18.4. The van der Waals surface area contributed by atoms with Crippen molar-refractivity contribution in [1.29, 1.82) is 0 Å². The number of methoxy groups -OCH3 is 2. The number of imidazole rings is 1. The number of para-hydroxylation sites is 1. The quantitative estimate of drug-likeness (QED) is 0.291. The Morgan fingerprint density at radius 2 is 1.73 bits per heavy atom. The van der Waals surface area contributed by atoms with Gasteiger partial charge in [-0.2, -0.15) is 0 Å². The lowest BCUT2D eigenvalue weighted by Crippen LogP contribution is -2.31. The van der Waals surface area contributed by atoms with Gasteiger partial charge in [0.05, 0.1) is 30.8 Å². The van der Waals surface area contributed by atoms with E-state index in [1.807, 2.05) is 55.5 Å². The first kappa shape index (κ1) is 27.1. The number of H-pyrrole nitrogens is 1. The number of rotatable bonds is 8. The van der Waals surface area contributed by atoms with Gasteiger partial charge in [0.1, 0.15) is 11.5 Å². The predicted octanol–water partition coefficient (Wildman–Crippen LogP) is 4.96. The Balaban J connectivity index is 1.25. The van der Waals surface area contributed by atoms with Crippen LogP contribution in [0.15, 0.2) is 65.5 Å². The van der Waals surface area contributed by atoms with Crippen LogP contribution in [0.2, 0.25) is 0 Å². The lowest BCUT2D eigenvalue weighted by Gasteiger charge is -2.28. The van der Waals surface area contributed by atoms with Crippen molar-refractivity contribution in [2.24, 2.45) is 5.92 Å². The molecule has 2 amide bonds. The maximum absolute atomic E-state index is 13.1. The van der Waals surface area contributed by atoms with Crippen LogP contribution in [0.3, 0.4) is 0 Å². The highest BCUT2D eigenvalue weighted by Crippen LogP contribution is 2.34. The number of aromatic nitrogens is 2. The molecular formula is C31H34N4O5. The average molecular weight is 543 g/mol. The summed E-state index contributed by atoms with van der Waals surface area (Å²) >= 11 is 0. The van der Waals surface area contributed by atoms with Crippen LogP contribution in [0.25, 0.3) is 11.0 Å². The number of aromatic amines is 1. The summed E-state index contributed by atoms with van der Waals surface area (Å²) in [7, 11) is 3.22. The van der Waals surface area contributed by atoms with Crippen LogP contribution in [0.1, 0.15) is 53.2 Å². The second-order valence-electron chi connectivity index (χ2n) is 10.2. The molecule has 9 nitrogen and oxygen atoms in total. The largest absolute Gasteiger partial charge is 0.497 e. The van der Waals surface area contributed by atoms with Crippen LogP contribution < -0.4 is 25.8 Å². The molecule has 1 aliphatic rings. The second kappa shape index (κ2) is 11.7. The number of nitrogens with one attached hydrogen (secondary N) is 3. The Labute approximate surface area is 232 Å². The third-order valence-electron chi connectivity index (χ3n) is 7.72. The lowest BCUT2D eigenvalue weighted by molar-refractivity contribution is -0.121. The number of benzene rings is 3. The molecule has 0 spiro atoms. The van der Waals surface area contributed by atoms with E-state index in [0.29, 0.717) is 54.5 Å². The highest BCUT2D eigenvalue weighted by Gasteiger charge is 2.29. The fourth-order valence-electron chi connectivity index (χ4n) is 5.46. The number of aryl methyl sites for hydroxylation is 1. The highest BCUT2D eigenvalue weighted by atomic mass is 16.5. The predicted molar refractivity (Wildman–Crippen MR) is 154 cm³/mol. The molecule has 3 aromatic carbocycles. The summed E-state index contributed by atoms with van der Waals surface area (Å²) in [5.74, 6) is 1.06. The zero-order chi connectivity index (χ0) is 28.2. The molecule has 1 aromatic heterocycles. The van der Waals surface area contributed by atoms with E-state index in [1.165, 1.54) is 0 Å². The van der Waals surface area contributed by atoms with Crippen molar-refractivity contribution in [3.05, 3.63) is 87.8 Å². The SMILES string of the molecule is COc1ccc(CNC(=O)c2cccc3c2[nH]c(=O)n3[C@H]2CC[C@@H](C(=O)Nc3ccc(C)c(OC)c3)CC2)cc1. The van der Waals surface area contributed by atoms with E-state index in [0.717, 1.165) is 22.6 Å². The van der Waals surface area contributed by atoms with Gasteiger partial charge in [-0.15, -0.1) is 0 Å². The van der Waals surface area contributed by atoms with Crippen LogP contribution in [0, 0.1) is 12.8 Å². The van der Waals surface area contributed by atoms with Gasteiger partial charge in [0.25, 0.3) is 5.91 Å². The molecule has 40 heavy (non-hydrogen) atoms. The molecule has 9 heteroatoms. The molecule has 208 valence electrons. The van der Waals surface area contributed by atoms with Crippen molar-refractivity contribution in [3.63, 3.8) is 0 Å². The molecule has 0 atom stereocenters. The Hall–Kier alpha value is -4.53. The first-order valence-corrected chi connectivity index (χ1v) is 13.5. The van der Waals surface area contributed by atoms with E-state index in [4.69, 9.17) is 9.47 Å². The van der Waals surface area contributed by atoms with Gasteiger partial charge in [-0.05, 0) is 74.1 Å². The molecule has 1 heterocycles. The lowest BCUT2D eigenvalue weighted by atomic mass is 9.85. The van der Waals surface area contributed by atoms with Crippen molar-refractivity contribution in [3.8, 4) is 11.5 Å². The summed E-state index contributed by atoms with van der Waals surface area (Å²) in [5, 5.41) is 5.95. The summed E-state index contributed by atoms with van der Waals surface area (Å²) in [6.45, 7) is 2.31. The molecule has 1 saturated carbocycles. The van der Waals surface area contributed by atoms with Crippen molar-refractivity contribution in [1.82, 2.24) is 14.9 Å². The number of ether oxygens (including phenoxy) is 2. The Bertz CT molecular complexity index is 1580. The van der Waals surface area contributed by atoms with Crippen molar-refractivity contribution in [2.75, 3.05) is 19.5 Å². The average Bonchev–Trinajstić information content (AvgIpc) is 3.32. The van der Waals surface area contributed by atoms with Crippen molar-refractivity contribution < 1.29 is 19.1 Å². The molecule has 0 aliphatic heterocycles. The molecule has 0 radical (unpaired) electrons. The van der Waals surface area contributed by atoms with E-state index in [-0.39, 0.29) is 29.5 Å². The van der Waals surface area contributed by atoms with Gasteiger partial charge in [0, 0.05) is 30.3 Å². The maximum atomic E-state index is 13.1. The second-order valence-corrected chi connectivity index (χ2v) is 10.2. The summed E-state index contributed by atoms with van der Waals surface area (Å²) < 4.78 is 12.3.